The fourth-order valence-electron chi connectivity index (χ4n) is 5.00. The molecule has 1 aliphatic heterocycles. The second-order valence-corrected chi connectivity index (χ2v) is 9.43. The molecule has 3 aromatic rings. The van der Waals surface area contributed by atoms with E-state index >= 15 is 0 Å². The van der Waals surface area contributed by atoms with Crippen LogP contribution in [0.5, 0.6) is 0 Å². The molecule has 5 rings (SSSR count). The van der Waals surface area contributed by atoms with Gasteiger partial charge in [0.05, 0.1) is 11.9 Å². The predicted octanol–water partition coefficient (Wildman–Crippen LogP) is 4.90. The predicted molar refractivity (Wildman–Crippen MR) is 133 cm³/mol. The average Bonchev–Trinajstić information content (AvgIpc) is 3.56. The van der Waals surface area contributed by atoms with Gasteiger partial charge in [-0.15, -0.1) is 0 Å². The van der Waals surface area contributed by atoms with Crippen molar-refractivity contribution >= 4 is 17.3 Å². The highest BCUT2D eigenvalue weighted by atomic mass is 19.1. The van der Waals surface area contributed by atoms with E-state index in [0.717, 1.165) is 62.3 Å². The van der Waals surface area contributed by atoms with Gasteiger partial charge in [-0.3, -0.25) is 4.79 Å². The van der Waals surface area contributed by atoms with E-state index in [1.54, 1.807) is 10.7 Å². The Hall–Kier alpha value is -3.19. The van der Waals surface area contributed by atoms with E-state index in [4.69, 9.17) is 0 Å². The first kappa shape index (κ1) is 22.6. The SMILES string of the molecule is O=C(Nc1ccc(N2CCC(NCc3cnn(-c4cccc(F)c4)c3)CC2)cc1)C1CCCC1. The van der Waals surface area contributed by atoms with Crippen LogP contribution in [-0.2, 0) is 11.3 Å². The number of nitrogens with zero attached hydrogens (tertiary/aromatic N) is 3. The van der Waals surface area contributed by atoms with Crippen molar-refractivity contribution in [1.82, 2.24) is 15.1 Å². The molecule has 0 radical (unpaired) electrons. The Morgan fingerprint density at radius 3 is 2.50 bits per heavy atom. The van der Waals surface area contributed by atoms with Crippen LogP contribution in [0.3, 0.4) is 0 Å². The van der Waals surface area contributed by atoms with E-state index in [1.165, 1.54) is 30.7 Å². The number of hydrogen-bond acceptors (Lipinski definition) is 4. The fourth-order valence-corrected chi connectivity index (χ4v) is 5.00. The maximum absolute atomic E-state index is 13.5. The number of piperidine rings is 1. The van der Waals surface area contributed by atoms with Crippen LogP contribution in [0.25, 0.3) is 5.69 Å². The number of carbonyl (C=O) groups excluding carboxylic acids is 1. The lowest BCUT2D eigenvalue weighted by atomic mass is 10.0. The Bertz CT molecular complexity index is 1100. The minimum absolute atomic E-state index is 0.165. The van der Waals surface area contributed by atoms with E-state index in [2.05, 4.69) is 32.8 Å². The zero-order chi connectivity index (χ0) is 23.3. The highest BCUT2D eigenvalue weighted by Crippen LogP contribution is 2.27. The van der Waals surface area contributed by atoms with Gasteiger partial charge < -0.3 is 15.5 Å². The molecule has 0 atom stereocenters. The average molecular weight is 462 g/mol. The van der Waals surface area contributed by atoms with E-state index < -0.39 is 0 Å². The van der Waals surface area contributed by atoms with E-state index in [0.29, 0.717) is 6.04 Å². The number of benzene rings is 2. The first-order valence-electron chi connectivity index (χ1n) is 12.3. The molecule has 7 heteroatoms. The lowest BCUT2D eigenvalue weighted by molar-refractivity contribution is -0.119. The summed E-state index contributed by atoms with van der Waals surface area (Å²) in [5.74, 6) is 0.0865. The molecule has 6 nitrogen and oxygen atoms in total. The third kappa shape index (κ3) is 5.47. The molecule has 1 aromatic heterocycles. The molecule has 0 unspecified atom stereocenters. The number of aromatic nitrogens is 2. The molecule has 2 fully saturated rings. The zero-order valence-electron chi connectivity index (χ0n) is 19.4. The summed E-state index contributed by atoms with van der Waals surface area (Å²) in [6.45, 7) is 2.73. The van der Waals surface area contributed by atoms with Crippen molar-refractivity contribution in [3.8, 4) is 5.69 Å². The normalized spacial score (nSPS) is 17.3. The van der Waals surface area contributed by atoms with Gasteiger partial charge in [-0.05, 0) is 68.1 Å². The molecule has 34 heavy (non-hydrogen) atoms. The number of rotatable bonds is 7. The van der Waals surface area contributed by atoms with Crippen molar-refractivity contribution < 1.29 is 9.18 Å². The quantitative estimate of drug-likeness (QED) is 0.526. The Labute approximate surface area is 200 Å². The van der Waals surface area contributed by atoms with Gasteiger partial charge in [0.1, 0.15) is 5.82 Å². The van der Waals surface area contributed by atoms with Crippen molar-refractivity contribution in [3.05, 3.63) is 72.3 Å². The molecular formula is C27H32FN5O. The van der Waals surface area contributed by atoms with Crippen molar-refractivity contribution in [2.75, 3.05) is 23.3 Å². The molecule has 0 bridgehead atoms. The molecule has 178 valence electrons. The van der Waals surface area contributed by atoms with Crippen LogP contribution in [0.15, 0.2) is 60.9 Å². The molecule has 1 saturated heterocycles. The van der Waals surface area contributed by atoms with E-state index in [9.17, 15) is 9.18 Å². The summed E-state index contributed by atoms with van der Waals surface area (Å²) in [6.07, 6.45) is 10.3. The van der Waals surface area contributed by atoms with Crippen molar-refractivity contribution in [2.24, 2.45) is 5.92 Å². The largest absolute Gasteiger partial charge is 0.371 e. The van der Waals surface area contributed by atoms with Crippen LogP contribution in [0.1, 0.15) is 44.1 Å². The number of amides is 1. The van der Waals surface area contributed by atoms with Crippen LogP contribution < -0.4 is 15.5 Å². The Morgan fingerprint density at radius 2 is 1.76 bits per heavy atom. The summed E-state index contributed by atoms with van der Waals surface area (Å²) in [5, 5.41) is 11.1. The van der Waals surface area contributed by atoms with Crippen LogP contribution in [-0.4, -0.2) is 34.8 Å². The smallest absolute Gasteiger partial charge is 0.227 e. The van der Waals surface area contributed by atoms with E-state index in [1.807, 2.05) is 30.6 Å². The maximum Gasteiger partial charge on any atom is 0.227 e. The standard InChI is InChI=1S/C27H32FN5O/c28-22-6-3-7-26(16-22)33-19-20(18-30-33)17-29-23-12-14-32(15-13-23)25-10-8-24(9-11-25)31-27(34)21-4-1-2-5-21/h3,6-11,16,18-19,21,23,29H,1-2,4-5,12-15,17H2,(H,31,34). The van der Waals surface area contributed by atoms with Gasteiger partial charge in [-0.1, -0.05) is 18.9 Å². The molecule has 2 aromatic carbocycles. The summed E-state index contributed by atoms with van der Waals surface area (Å²) in [6, 6.07) is 15.2. The van der Waals surface area contributed by atoms with Crippen LogP contribution in [0.2, 0.25) is 0 Å². The molecule has 1 saturated carbocycles. The lowest BCUT2D eigenvalue weighted by Gasteiger charge is -2.34. The molecule has 2 heterocycles. The van der Waals surface area contributed by atoms with E-state index in [-0.39, 0.29) is 17.6 Å². The van der Waals surface area contributed by atoms with Gasteiger partial charge in [-0.25, -0.2) is 9.07 Å². The number of nitrogens with one attached hydrogen (secondary N) is 2. The van der Waals surface area contributed by atoms with Gasteiger partial charge >= 0.3 is 0 Å². The van der Waals surface area contributed by atoms with Crippen LogP contribution in [0.4, 0.5) is 15.8 Å². The third-order valence-corrected chi connectivity index (χ3v) is 7.02. The summed E-state index contributed by atoms with van der Waals surface area (Å²) in [7, 11) is 0. The van der Waals surface area contributed by atoms with Gasteiger partial charge in [0, 0.05) is 54.7 Å². The summed E-state index contributed by atoms with van der Waals surface area (Å²) in [4.78, 5) is 14.7. The maximum atomic E-state index is 13.5. The summed E-state index contributed by atoms with van der Waals surface area (Å²) < 4.78 is 15.2. The Kier molecular flexibility index (Phi) is 6.90. The Morgan fingerprint density at radius 1 is 1.00 bits per heavy atom. The fraction of sp³-hybridized carbons (Fsp3) is 0.407. The zero-order valence-corrected chi connectivity index (χ0v) is 19.4. The highest BCUT2D eigenvalue weighted by molar-refractivity contribution is 5.92. The lowest BCUT2D eigenvalue weighted by Crippen LogP contribution is -2.42. The topological polar surface area (TPSA) is 62.2 Å². The van der Waals surface area contributed by atoms with Crippen molar-refractivity contribution in [2.45, 2.75) is 51.1 Å². The van der Waals surface area contributed by atoms with Gasteiger partial charge in [0.2, 0.25) is 5.91 Å². The number of anilines is 2. The van der Waals surface area contributed by atoms with Crippen molar-refractivity contribution in [3.63, 3.8) is 0 Å². The van der Waals surface area contributed by atoms with Crippen molar-refractivity contribution in [1.29, 1.82) is 0 Å². The second kappa shape index (κ2) is 10.4. The minimum Gasteiger partial charge on any atom is -0.371 e. The monoisotopic (exact) mass is 461 g/mol. The second-order valence-electron chi connectivity index (χ2n) is 9.43. The number of hydrogen-bond donors (Lipinski definition) is 2. The molecular weight excluding hydrogens is 429 g/mol. The molecule has 1 aliphatic carbocycles. The Balaban J connectivity index is 1.08. The van der Waals surface area contributed by atoms with Crippen LogP contribution >= 0.6 is 0 Å². The molecule has 1 amide bonds. The van der Waals surface area contributed by atoms with Gasteiger partial charge in [-0.2, -0.15) is 5.10 Å². The number of carbonyl (C=O) groups is 1. The highest BCUT2D eigenvalue weighted by Gasteiger charge is 2.23. The molecule has 0 spiro atoms. The van der Waals surface area contributed by atoms with Gasteiger partial charge in [0.25, 0.3) is 0 Å². The third-order valence-electron chi connectivity index (χ3n) is 7.02. The molecule has 2 N–H and O–H groups in total. The minimum atomic E-state index is -0.261. The summed E-state index contributed by atoms with van der Waals surface area (Å²) in [5.41, 5.74) is 3.90. The van der Waals surface area contributed by atoms with Gasteiger partial charge in [0.15, 0.2) is 0 Å². The molecule has 2 aliphatic rings. The van der Waals surface area contributed by atoms with Crippen LogP contribution in [0, 0.1) is 11.7 Å². The first-order chi connectivity index (χ1) is 16.6. The number of halogens is 1. The summed E-state index contributed by atoms with van der Waals surface area (Å²) >= 11 is 0. The first-order valence-corrected chi connectivity index (χ1v) is 12.3.